The number of nitrogens with one attached hydrogen (secondary N) is 1. The molecule has 1 fully saturated rings. The van der Waals surface area contributed by atoms with E-state index in [-0.39, 0.29) is 34.3 Å². The van der Waals surface area contributed by atoms with Gasteiger partial charge in [0, 0.05) is 32.2 Å². The summed E-state index contributed by atoms with van der Waals surface area (Å²) in [5.74, 6) is 0.239. The van der Waals surface area contributed by atoms with Crippen molar-refractivity contribution in [3.05, 3.63) is 67.0 Å². The average Bonchev–Trinajstić information content (AvgIpc) is 3.71. The van der Waals surface area contributed by atoms with Gasteiger partial charge in [-0.05, 0) is 44.3 Å². The third-order valence-corrected chi connectivity index (χ3v) is 6.58. The maximum absolute atomic E-state index is 13.3. The highest BCUT2D eigenvalue weighted by atomic mass is 19.3. The van der Waals surface area contributed by atoms with Gasteiger partial charge < -0.3 is 19.7 Å². The number of alkyl halides is 2. The molecule has 5 heterocycles. The summed E-state index contributed by atoms with van der Waals surface area (Å²) in [5, 5.41) is 15.8. The van der Waals surface area contributed by atoms with E-state index in [1.807, 2.05) is 10.9 Å². The van der Waals surface area contributed by atoms with Crippen LogP contribution >= 0.6 is 0 Å². The standard InChI is InChI=1S/C26H25F2N9O3/c1-34-9-6-16(13-34)37-14-18(11-30-37)39-17-4-5-22(40-26(27)28)19(10-17)23-21(15-35(2)33-23)32-25(38)20-12-31-36-8-3-7-29-24(20)36/h3-5,7-8,10-12,14-16,26H,6,9,13H2,1-2H3,(H,32,38)/t16-/m1/s1. The molecule has 1 aliphatic heterocycles. The van der Waals surface area contributed by atoms with Gasteiger partial charge in [0.15, 0.2) is 11.4 Å². The largest absolute Gasteiger partial charge is 0.454 e. The zero-order chi connectivity index (χ0) is 27.8. The van der Waals surface area contributed by atoms with Crippen molar-refractivity contribution in [3.63, 3.8) is 0 Å². The second-order valence-corrected chi connectivity index (χ2v) is 9.46. The molecule has 1 aromatic carbocycles. The van der Waals surface area contributed by atoms with E-state index in [1.165, 1.54) is 33.6 Å². The van der Waals surface area contributed by atoms with E-state index < -0.39 is 12.5 Å². The number of carbonyl (C=O) groups is 1. The van der Waals surface area contributed by atoms with E-state index in [0.29, 0.717) is 17.1 Å². The third-order valence-electron chi connectivity index (χ3n) is 6.58. The number of hydrogen-bond donors (Lipinski definition) is 1. The number of amides is 1. The molecule has 12 nitrogen and oxygen atoms in total. The second kappa shape index (κ2) is 10.4. The Morgan fingerprint density at radius 3 is 2.83 bits per heavy atom. The molecular formula is C26H25F2N9O3. The second-order valence-electron chi connectivity index (χ2n) is 9.46. The minimum Gasteiger partial charge on any atom is -0.454 e. The summed E-state index contributed by atoms with van der Waals surface area (Å²) >= 11 is 0. The molecule has 0 unspecified atom stereocenters. The van der Waals surface area contributed by atoms with E-state index in [2.05, 4.69) is 37.5 Å². The number of anilines is 1. The number of aryl methyl sites for hydroxylation is 1. The van der Waals surface area contributed by atoms with Crippen LogP contribution < -0.4 is 14.8 Å². The van der Waals surface area contributed by atoms with Crippen molar-refractivity contribution in [2.45, 2.75) is 19.1 Å². The number of rotatable bonds is 8. The minimum atomic E-state index is -3.07. The normalized spacial score (nSPS) is 15.7. The molecule has 4 aromatic heterocycles. The fourth-order valence-electron chi connectivity index (χ4n) is 4.75. The van der Waals surface area contributed by atoms with Gasteiger partial charge in [-0.15, -0.1) is 0 Å². The lowest BCUT2D eigenvalue weighted by atomic mass is 10.1. The molecule has 1 atom stereocenters. The molecule has 1 saturated heterocycles. The van der Waals surface area contributed by atoms with E-state index in [4.69, 9.17) is 9.47 Å². The van der Waals surface area contributed by atoms with Gasteiger partial charge >= 0.3 is 6.61 Å². The Kier molecular flexibility index (Phi) is 6.59. The third kappa shape index (κ3) is 5.08. The van der Waals surface area contributed by atoms with Crippen molar-refractivity contribution in [2.24, 2.45) is 7.05 Å². The summed E-state index contributed by atoms with van der Waals surface area (Å²) in [4.78, 5) is 19.6. The summed E-state index contributed by atoms with van der Waals surface area (Å²) in [5.41, 5.74) is 1.30. The van der Waals surface area contributed by atoms with Gasteiger partial charge in [-0.2, -0.15) is 24.1 Å². The Hall–Kier alpha value is -4.85. The first-order valence-corrected chi connectivity index (χ1v) is 12.5. The van der Waals surface area contributed by atoms with E-state index in [9.17, 15) is 13.6 Å². The first kappa shape index (κ1) is 25.4. The molecule has 5 aromatic rings. The van der Waals surface area contributed by atoms with Crippen LogP contribution in [0.5, 0.6) is 17.2 Å². The average molecular weight is 550 g/mol. The van der Waals surface area contributed by atoms with Crippen molar-refractivity contribution < 1.29 is 23.0 Å². The lowest BCUT2D eigenvalue weighted by molar-refractivity contribution is -0.0494. The van der Waals surface area contributed by atoms with Crippen molar-refractivity contribution in [1.82, 2.24) is 39.1 Å². The zero-order valence-corrected chi connectivity index (χ0v) is 21.6. The number of hydrogen-bond acceptors (Lipinski definition) is 8. The van der Waals surface area contributed by atoms with Crippen LogP contribution in [0.1, 0.15) is 22.8 Å². The topological polar surface area (TPSA) is 117 Å². The van der Waals surface area contributed by atoms with Crippen molar-refractivity contribution in [2.75, 3.05) is 25.5 Å². The number of aromatic nitrogens is 7. The smallest absolute Gasteiger partial charge is 0.387 e. The molecule has 14 heteroatoms. The van der Waals surface area contributed by atoms with Gasteiger partial charge in [-0.3, -0.25) is 14.2 Å². The molecule has 0 spiro atoms. The number of fused-ring (bicyclic) bond motifs is 1. The number of halogens is 2. The predicted octanol–water partition coefficient (Wildman–Crippen LogP) is 3.85. The van der Waals surface area contributed by atoms with Crippen molar-refractivity contribution >= 4 is 17.2 Å². The molecular weight excluding hydrogens is 524 g/mol. The molecule has 0 saturated carbocycles. The molecule has 0 aliphatic carbocycles. The van der Waals surface area contributed by atoms with Gasteiger partial charge in [0.25, 0.3) is 5.91 Å². The predicted molar refractivity (Wildman–Crippen MR) is 140 cm³/mol. The lowest BCUT2D eigenvalue weighted by Crippen LogP contribution is -2.16. The molecule has 6 rings (SSSR count). The SMILES string of the molecule is CN1CC[C@@H](n2cc(Oc3ccc(OC(F)F)c(-c4nn(C)cc4NC(=O)c4cnn5cccnc45)c3)cn2)C1. The van der Waals surface area contributed by atoms with Crippen molar-refractivity contribution in [3.8, 4) is 28.5 Å². The Morgan fingerprint density at radius 2 is 2.02 bits per heavy atom. The van der Waals surface area contributed by atoms with Crippen LogP contribution in [-0.2, 0) is 7.05 Å². The summed E-state index contributed by atoms with van der Waals surface area (Å²) in [6.45, 7) is -1.18. The van der Waals surface area contributed by atoms with E-state index >= 15 is 0 Å². The molecule has 1 amide bonds. The van der Waals surface area contributed by atoms with Crippen LogP contribution in [0.3, 0.4) is 0 Å². The minimum absolute atomic E-state index is 0.126. The van der Waals surface area contributed by atoms with Crippen LogP contribution in [-0.4, -0.2) is 71.7 Å². The van der Waals surface area contributed by atoms with Gasteiger partial charge in [-0.25, -0.2) is 9.50 Å². The van der Waals surface area contributed by atoms with Crippen LogP contribution in [0.2, 0.25) is 0 Å². The number of likely N-dealkylation sites (N-methyl/N-ethyl adjacent to an activating group) is 1. The fourth-order valence-corrected chi connectivity index (χ4v) is 4.75. The number of nitrogens with zero attached hydrogens (tertiary/aromatic N) is 8. The Morgan fingerprint density at radius 1 is 1.15 bits per heavy atom. The molecule has 1 N–H and O–H groups in total. The number of benzene rings is 1. The Bertz CT molecular complexity index is 1680. The number of ether oxygens (including phenoxy) is 2. The first-order chi connectivity index (χ1) is 19.3. The van der Waals surface area contributed by atoms with E-state index in [1.54, 1.807) is 37.9 Å². The monoisotopic (exact) mass is 549 g/mol. The summed E-state index contributed by atoms with van der Waals surface area (Å²) in [6.07, 6.45) is 10.6. The molecule has 0 bridgehead atoms. The van der Waals surface area contributed by atoms with Crippen LogP contribution in [0, 0.1) is 0 Å². The number of carbonyl (C=O) groups excluding carboxylic acids is 1. The molecule has 1 aliphatic rings. The van der Waals surface area contributed by atoms with Crippen LogP contribution in [0.25, 0.3) is 16.9 Å². The maximum Gasteiger partial charge on any atom is 0.387 e. The van der Waals surface area contributed by atoms with Gasteiger partial charge in [0.05, 0.1) is 35.9 Å². The van der Waals surface area contributed by atoms with Gasteiger partial charge in [0.2, 0.25) is 0 Å². The molecule has 40 heavy (non-hydrogen) atoms. The highest BCUT2D eigenvalue weighted by molar-refractivity contribution is 6.09. The molecule has 0 radical (unpaired) electrons. The van der Waals surface area contributed by atoms with Crippen LogP contribution in [0.15, 0.2) is 61.4 Å². The van der Waals surface area contributed by atoms with Crippen LogP contribution in [0.4, 0.5) is 14.5 Å². The molecule has 206 valence electrons. The summed E-state index contributed by atoms with van der Waals surface area (Å²) in [7, 11) is 3.72. The fraction of sp³-hybridized carbons (Fsp3) is 0.269. The van der Waals surface area contributed by atoms with Crippen molar-refractivity contribution in [1.29, 1.82) is 0 Å². The van der Waals surface area contributed by atoms with Gasteiger partial charge in [0.1, 0.15) is 22.8 Å². The lowest BCUT2D eigenvalue weighted by Gasteiger charge is -2.13. The van der Waals surface area contributed by atoms with Gasteiger partial charge in [-0.1, -0.05) is 0 Å². The summed E-state index contributed by atoms with van der Waals surface area (Å²) in [6, 6.07) is 6.38. The summed E-state index contributed by atoms with van der Waals surface area (Å²) < 4.78 is 42.2. The quantitative estimate of drug-likeness (QED) is 0.310. The van der Waals surface area contributed by atoms with E-state index in [0.717, 1.165) is 19.5 Å². The maximum atomic E-state index is 13.3. The number of likely N-dealkylation sites (tertiary alicyclic amines) is 1. The zero-order valence-electron chi connectivity index (χ0n) is 21.6. The highest BCUT2D eigenvalue weighted by Gasteiger charge is 2.24. The Labute approximate surface area is 226 Å². The highest BCUT2D eigenvalue weighted by Crippen LogP contribution is 2.39. The Balaban J connectivity index is 1.31. The first-order valence-electron chi connectivity index (χ1n) is 12.5.